The van der Waals surface area contributed by atoms with Crippen molar-refractivity contribution < 1.29 is 12.8 Å². The van der Waals surface area contributed by atoms with Gasteiger partial charge in [0.2, 0.25) is 0 Å². The molecular formula is C13H18FN3O2S. The van der Waals surface area contributed by atoms with Gasteiger partial charge < -0.3 is 5.73 Å². The van der Waals surface area contributed by atoms with E-state index in [1.165, 1.54) is 12.1 Å². The van der Waals surface area contributed by atoms with Crippen LogP contribution in [0.1, 0.15) is 17.5 Å². The first-order valence-electron chi connectivity index (χ1n) is 6.32. The van der Waals surface area contributed by atoms with E-state index in [1.54, 1.807) is 6.07 Å². The molecule has 2 rings (SSSR count). The van der Waals surface area contributed by atoms with Gasteiger partial charge in [0.25, 0.3) is 0 Å². The van der Waals surface area contributed by atoms with E-state index in [0.29, 0.717) is 18.5 Å². The highest BCUT2D eigenvalue weighted by molar-refractivity contribution is 7.91. The predicted molar refractivity (Wildman–Crippen MR) is 75.9 cm³/mol. The first-order valence-corrected chi connectivity index (χ1v) is 8.14. The molecule has 0 bridgehead atoms. The van der Waals surface area contributed by atoms with Gasteiger partial charge in [-0.2, -0.15) is 0 Å². The van der Waals surface area contributed by atoms with Crippen LogP contribution >= 0.6 is 0 Å². The van der Waals surface area contributed by atoms with Gasteiger partial charge in [-0.3, -0.25) is 10.3 Å². The molecule has 0 amide bonds. The van der Waals surface area contributed by atoms with Gasteiger partial charge in [-0.25, -0.2) is 12.8 Å². The maximum atomic E-state index is 13.2. The second-order valence-corrected chi connectivity index (χ2v) is 7.42. The normalized spacial score (nSPS) is 21.2. The van der Waals surface area contributed by atoms with E-state index in [2.05, 4.69) is 0 Å². The number of nitrogens with zero attached hydrogens (tertiary/aromatic N) is 1. The summed E-state index contributed by atoms with van der Waals surface area (Å²) >= 11 is 0. The highest BCUT2D eigenvalue weighted by Crippen LogP contribution is 2.20. The summed E-state index contributed by atoms with van der Waals surface area (Å²) in [5, 5.41) is 7.49. The molecule has 0 aliphatic carbocycles. The number of benzene rings is 1. The summed E-state index contributed by atoms with van der Waals surface area (Å²) in [4.78, 5) is 1.92. The van der Waals surface area contributed by atoms with Crippen LogP contribution < -0.4 is 5.73 Å². The van der Waals surface area contributed by atoms with Crippen molar-refractivity contribution in [2.75, 3.05) is 18.6 Å². The zero-order valence-corrected chi connectivity index (χ0v) is 12.1. The molecule has 1 aliphatic rings. The summed E-state index contributed by atoms with van der Waals surface area (Å²) in [5.74, 6) is -0.262. The van der Waals surface area contributed by atoms with Crippen LogP contribution in [0.4, 0.5) is 4.39 Å². The van der Waals surface area contributed by atoms with Crippen LogP contribution in [0.15, 0.2) is 18.2 Å². The van der Waals surface area contributed by atoms with Crippen LogP contribution in [0.5, 0.6) is 0 Å². The Morgan fingerprint density at radius 2 is 2.25 bits per heavy atom. The third kappa shape index (κ3) is 3.34. The average molecular weight is 299 g/mol. The van der Waals surface area contributed by atoms with Gasteiger partial charge in [-0.15, -0.1) is 0 Å². The highest BCUT2D eigenvalue weighted by atomic mass is 32.2. The lowest BCUT2D eigenvalue weighted by atomic mass is 10.1. The highest BCUT2D eigenvalue weighted by Gasteiger charge is 2.30. The molecule has 20 heavy (non-hydrogen) atoms. The molecule has 0 saturated carbocycles. The smallest absolute Gasteiger partial charge is 0.151 e. The molecule has 7 heteroatoms. The van der Waals surface area contributed by atoms with Crippen molar-refractivity contribution in [3.8, 4) is 0 Å². The minimum atomic E-state index is -2.93. The Hall–Kier alpha value is -1.47. The van der Waals surface area contributed by atoms with Gasteiger partial charge in [-0.1, -0.05) is 6.07 Å². The number of nitrogens with one attached hydrogen (secondary N) is 1. The Bertz CT molecular complexity index is 631. The number of sulfone groups is 1. The molecule has 5 nitrogen and oxygen atoms in total. The fraction of sp³-hybridized carbons (Fsp3) is 0.462. The summed E-state index contributed by atoms with van der Waals surface area (Å²) in [6, 6.07) is 4.11. The Morgan fingerprint density at radius 1 is 1.55 bits per heavy atom. The lowest BCUT2D eigenvalue weighted by Crippen LogP contribution is -2.33. The van der Waals surface area contributed by atoms with Crippen molar-refractivity contribution in [2.45, 2.75) is 19.0 Å². The number of nitrogens with two attached hydrogens (primary N) is 1. The second-order valence-electron chi connectivity index (χ2n) is 5.19. The molecule has 1 aliphatic heterocycles. The van der Waals surface area contributed by atoms with Gasteiger partial charge in [0.1, 0.15) is 11.7 Å². The molecule has 0 aromatic heterocycles. The number of nitrogen functional groups attached to an aromatic ring is 1. The molecule has 0 spiro atoms. The van der Waals surface area contributed by atoms with Crippen molar-refractivity contribution in [3.05, 3.63) is 35.1 Å². The summed E-state index contributed by atoms with van der Waals surface area (Å²) in [6.07, 6.45) is 0.607. The Labute approximate surface area is 118 Å². The quantitative estimate of drug-likeness (QED) is 0.634. The minimum absolute atomic E-state index is 0.0372. The van der Waals surface area contributed by atoms with E-state index in [1.807, 2.05) is 11.9 Å². The number of halogens is 1. The maximum Gasteiger partial charge on any atom is 0.151 e. The van der Waals surface area contributed by atoms with Crippen molar-refractivity contribution in [1.29, 1.82) is 5.41 Å². The van der Waals surface area contributed by atoms with E-state index in [9.17, 15) is 12.8 Å². The van der Waals surface area contributed by atoms with Crippen molar-refractivity contribution in [2.24, 2.45) is 5.73 Å². The summed E-state index contributed by atoms with van der Waals surface area (Å²) in [6.45, 7) is 0.440. The number of hydrogen-bond donors (Lipinski definition) is 2. The predicted octanol–water partition coefficient (Wildman–Crippen LogP) is 0.729. The Morgan fingerprint density at radius 3 is 2.80 bits per heavy atom. The van der Waals surface area contributed by atoms with Crippen LogP contribution in [0.3, 0.4) is 0 Å². The van der Waals surface area contributed by atoms with E-state index in [-0.39, 0.29) is 23.4 Å². The van der Waals surface area contributed by atoms with Crippen molar-refractivity contribution in [3.63, 3.8) is 0 Å². The van der Waals surface area contributed by atoms with Gasteiger partial charge >= 0.3 is 0 Å². The SMILES string of the molecule is CN(Cc1ccc(F)cc1C(=N)N)C1CCS(=O)(=O)C1. The van der Waals surface area contributed by atoms with Crippen LogP contribution in [-0.2, 0) is 16.4 Å². The molecule has 1 unspecified atom stereocenters. The third-order valence-corrected chi connectivity index (χ3v) is 5.36. The van der Waals surface area contributed by atoms with Crippen molar-refractivity contribution in [1.82, 2.24) is 4.90 Å². The standard InChI is InChI=1S/C13H18FN3O2S/c1-17(11-4-5-20(18,19)8-11)7-9-2-3-10(14)6-12(9)13(15)16/h2-3,6,11H,4-5,7-8H2,1H3,(H3,15,16). The maximum absolute atomic E-state index is 13.2. The molecule has 110 valence electrons. The molecular weight excluding hydrogens is 281 g/mol. The fourth-order valence-corrected chi connectivity index (χ4v) is 4.26. The topological polar surface area (TPSA) is 87.2 Å². The number of rotatable bonds is 4. The Balaban J connectivity index is 2.16. The van der Waals surface area contributed by atoms with E-state index < -0.39 is 15.7 Å². The average Bonchev–Trinajstić information content (AvgIpc) is 2.71. The summed E-state index contributed by atoms with van der Waals surface area (Å²) in [5.41, 5.74) is 6.54. The summed E-state index contributed by atoms with van der Waals surface area (Å²) < 4.78 is 36.2. The van der Waals surface area contributed by atoms with E-state index in [4.69, 9.17) is 11.1 Å². The first-order chi connectivity index (χ1) is 9.28. The Kier molecular flexibility index (Phi) is 4.10. The molecule has 1 aromatic rings. The molecule has 1 aromatic carbocycles. The number of hydrogen-bond acceptors (Lipinski definition) is 4. The van der Waals surface area contributed by atoms with E-state index in [0.717, 1.165) is 5.56 Å². The first kappa shape index (κ1) is 14.9. The molecule has 1 heterocycles. The van der Waals surface area contributed by atoms with Crippen molar-refractivity contribution >= 4 is 15.7 Å². The molecule has 1 saturated heterocycles. The molecule has 1 fully saturated rings. The monoisotopic (exact) mass is 299 g/mol. The largest absolute Gasteiger partial charge is 0.384 e. The van der Waals surface area contributed by atoms with Gasteiger partial charge in [0.15, 0.2) is 9.84 Å². The lowest BCUT2D eigenvalue weighted by Gasteiger charge is -2.24. The summed E-state index contributed by atoms with van der Waals surface area (Å²) in [7, 11) is -1.10. The van der Waals surface area contributed by atoms with Crippen LogP contribution in [0.2, 0.25) is 0 Å². The van der Waals surface area contributed by atoms with Gasteiger partial charge in [0, 0.05) is 18.2 Å². The van der Waals surface area contributed by atoms with Gasteiger partial charge in [-0.05, 0) is 31.2 Å². The van der Waals surface area contributed by atoms with Crippen LogP contribution in [-0.4, -0.2) is 43.7 Å². The third-order valence-electron chi connectivity index (χ3n) is 3.61. The minimum Gasteiger partial charge on any atom is -0.384 e. The second kappa shape index (κ2) is 5.49. The van der Waals surface area contributed by atoms with Crippen LogP contribution in [0.25, 0.3) is 0 Å². The van der Waals surface area contributed by atoms with E-state index >= 15 is 0 Å². The zero-order chi connectivity index (χ0) is 14.9. The molecule has 1 atom stereocenters. The van der Waals surface area contributed by atoms with Crippen LogP contribution in [0, 0.1) is 11.2 Å². The fourth-order valence-electron chi connectivity index (χ4n) is 2.46. The zero-order valence-electron chi connectivity index (χ0n) is 11.3. The van der Waals surface area contributed by atoms with Gasteiger partial charge in [0.05, 0.1) is 11.5 Å². The molecule has 0 radical (unpaired) electrons. The molecule has 3 N–H and O–H groups in total. The number of amidine groups is 1. The lowest BCUT2D eigenvalue weighted by molar-refractivity contribution is 0.253.